The molecule has 0 aromatic rings. The summed E-state index contributed by atoms with van der Waals surface area (Å²) in [7, 11) is -6.80. The van der Waals surface area contributed by atoms with Gasteiger partial charge in [-0.1, -0.05) is 13.8 Å². The van der Waals surface area contributed by atoms with Gasteiger partial charge in [-0.05, 0) is 18.3 Å². The maximum absolute atomic E-state index is 11.9. The van der Waals surface area contributed by atoms with Crippen molar-refractivity contribution in [1.29, 1.82) is 0 Å². The van der Waals surface area contributed by atoms with E-state index < -0.39 is 25.1 Å². The molecule has 0 saturated carbocycles. The van der Waals surface area contributed by atoms with E-state index in [0.29, 0.717) is 6.42 Å². The zero-order valence-corrected chi connectivity index (χ0v) is 12.3. The van der Waals surface area contributed by atoms with Crippen LogP contribution in [0.3, 0.4) is 0 Å². The second-order valence-corrected chi connectivity index (χ2v) is 9.80. The summed E-state index contributed by atoms with van der Waals surface area (Å²) in [6.07, 6.45) is 0.649. The lowest BCUT2D eigenvalue weighted by Crippen LogP contribution is -2.40. The number of aliphatic hydroxyl groups is 1. The molecule has 0 amide bonds. The summed E-state index contributed by atoms with van der Waals surface area (Å²) in [4.78, 5) is 0. The standard InChI is InChI=1S/C10H21NO5S2/c1-10(2,4-5-12)8-11-18(15,16)9-3-6-17(13,14)7-9/h9,11-12H,3-8H2,1-2H3. The Morgan fingerprint density at radius 1 is 1.39 bits per heavy atom. The van der Waals surface area contributed by atoms with Gasteiger partial charge in [0.2, 0.25) is 10.0 Å². The summed E-state index contributed by atoms with van der Waals surface area (Å²) < 4.78 is 48.9. The van der Waals surface area contributed by atoms with Crippen LogP contribution in [0.25, 0.3) is 0 Å². The van der Waals surface area contributed by atoms with Crippen LogP contribution >= 0.6 is 0 Å². The van der Waals surface area contributed by atoms with Crippen molar-refractivity contribution < 1.29 is 21.9 Å². The van der Waals surface area contributed by atoms with Crippen molar-refractivity contribution in [3.63, 3.8) is 0 Å². The summed E-state index contributed by atoms with van der Waals surface area (Å²) in [5, 5.41) is 8.01. The molecule has 108 valence electrons. The largest absolute Gasteiger partial charge is 0.396 e. The van der Waals surface area contributed by atoms with E-state index >= 15 is 0 Å². The Kier molecular flexibility index (Phi) is 4.80. The molecular weight excluding hydrogens is 278 g/mol. The van der Waals surface area contributed by atoms with Crippen molar-refractivity contribution in [1.82, 2.24) is 4.72 Å². The van der Waals surface area contributed by atoms with E-state index in [1.165, 1.54) is 0 Å². The quantitative estimate of drug-likeness (QED) is 0.689. The second kappa shape index (κ2) is 5.44. The highest BCUT2D eigenvalue weighted by Gasteiger charge is 2.37. The average molecular weight is 299 g/mol. The lowest BCUT2D eigenvalue weighted by molar-refractivity contribution is 0.213. The van der Waals surface area contributed by atoms with Crippen LogP contribution < -0.4 is 4.72 Å². The number of aliphatic hydroxyl groups excluding tert-OH is 1. The fourth-order valence-electron chi connectivity index (χ4n) is 1.81. The summed E-state index contributed by atoms with van der Waals surface area (Å²) in [5.41, 5.74) is -0.348. The van der Waals surface area contributed by atoms with Crippen LogP contribution in [-0.4, -0.2) is 51.8 Å². The van der Waals surface area contributed by atoms with Gasteiger partial charge in [0, 0.05) is 13.2 Å². The molecule has 18 heavy (non-hydrogen) atoms. The number of sulfonamides is 1. The van der Waals surface area contributed by atoms with E-state index in [4.69, 9.17) is 5.11 Å². The third-order valence-corrected chi connectivity index (χ3v) is 6.98. The van der Waals surface area contributed by atoms with Crippen LogP contribution in [0.4, 0.5) is 0 Å². The number of nitrogens with one attached hydrogen (secondary N) is 1. The van der Waals surface area contributed by atoms with Gasteiger partial charge in [-0.15, -0.1) is 0 Å². The predicted octanol–water partition coefficient (Wildman–Crippen LogP) is -0.498. The predicted molar refractivity (Wildman–Crippen MR) is 69.5 cm³/mol. The molecule has 0 bridgehead atoms. The molecule has 1 atom stereocenters. The minimum atomic E-state index is -3.59. The Morgan fingerprint density at radius 2 is 2.00 bits per heavy atom. The molecule has 1 aliphatic heterocycles. The number of rotatable bonds is 6. The molecule has 1 unspecified atom stereocenters. The van der Waals surface area contributed by atoms with Gasteiger partial charge in [-0.25, -0.2) is 21.6 Å². The minimum absolute atomic E-state index is 0.00741. The Hall–Kier alpha value is -0.180. The van der Waals surface area contributed by atoms with E-state index in [-0.39, 0.29) is 36.5 Å². The molecular formula is C10H21NO5S2. The van der Waals surface area contributed by atoms with Crippen LogP contribution in [0, 0.1) is 5.41 Å². The maximum atomic E-state index is 11.9. The third kappa shape index (κ3) is 4.49. The van der Waals surface area contributed by atoms with Gasteiger partial charge < -0.3 is 5.11 Å². The molecule has 0 aromatic carbocycles. The number of hydrogen-bond donors (Lipinski definition) is 2. The first-order valence-corrected chi connectivity index (χ1v) is 9.24. The number of hydrogen-bond acceptors (Lipinski definition) is 5. The molecule has 0 radical (unpaired) electrons. The molecule has 0 aliphatic carbocycles. The van der Waals surface area contributed by atoms with Crippen LogP contribution in [0.15, 0.2) is 0 Å². The SMILES string of the molecule is CC(C)(CCO)CNS(=O)(=O)C1CCS(=O)(=O)C1. The van der Waals surface area contributed by atoms with Crippen molar-refractivity contribution >= 4 is 19.9 Å². The molecule has 0 aromatic heterocycles. The van der Waals surface area contributed by atoms with Crippen molar-refractivity contribution in [2.75, 3.05) is 24.7 Å². The molecule has 1 rings (SSSR count). The maximum Gasteiger partial charge on any atom is 0.215 e. The first-order chi connectivity index (χ1) is 8.08. The minimum Gasteiger partial charge on any atom is -0.396 e. The summed E-state index contributed by atoms with van der Waals surface area (Å²) in [6.45, 7) is 3.88. The van der Waals surface area contributed by atoms with E-state index in [1.54, 1.807) is 0 Å². The van der Waals surface area contributed by atoms with E-state index in [2.05, 4.69) is 4.72 Å². The molecule has 0 spiro atoms. The van der Waals surface area contributed by atoms with E-state index in [0.717, 1.165) is 0 Å². The van der Waals surface area contributed by atoms with Gasteiger partial charge in [-0.3, -0.25) is 0 Å². The normalized spacial score (nSPS) is 24.3. The zero-order valence-electron chi connectivity index (χ0n) is 10.7. The van der Waals surface area contributed by atoms with Crippen molar-refractivity contribution in [3.8, 4) is 0 Å². The van der Waals surface area contributed by atoms with Gasteiger partial charge in [0.05, 0.1) is 16.8 Å². The third-order valence-electron chi connectivity index (χ3n) is 3.17. The fourth-order valence-corrected chi connectivity index (χ4v) is 6.10. The van der Waals surface area contributed by atoms with Gasteiger partial charge in [-0.2, -0.15) is 0 Å². The molecule has 6 nitrogen and oxygen atoms in total. The number of sulfone groups is 1. The highest BCUT2D eigenvalue weighted by atomic mass is 32.2. The fraction of sp³-hybridized carbons (Fsp3) is 1.00. The monoisotopic (exact) mass is 299 g/mol. The molecule has 1 aliphatic rings. The Bertz CT molecular complexity index is 480. The first-order valence-electron chi connectivity index (χ1n) is 5.88. The van der Waals surface area contributed by atoms with E-state index in [9.17, 15) is 16.8 Å². The van der Waals surface area contributed by atoms with Crippen LogP contribution in [0.5, 0.6) is 0 Å². The molecule has 1 saturated heterocycles. The van der Waals surface area contributed by atoms with Crippen LogP contribution in [-0.2, 0) is 19.9 Å². The topological polar surface area (TPSA) is 101 Å². The van der Waals surface area contributed by atoms with Gasteiger partial charge in [0.15, 0.2) is 9.84 Å². The second-order valence-electron chi connectivity index (χ2n) is 5.53. The summed E-state index contributed by atoms with van der Waals surface area (Å²) >= 11 is 0. The molecule has 2 N–H and O–H groups in total. The van der Waals surface area contributed by atoms with Crippen molar-refractivity contribution in [2.24, 2.45) is 5.41 Å². The van der Waals surface area contributed by atoms with Gasteiger partial charge >= 0.3 is 0 Å². The van der Waals surface area contributed by atoms with Crippen LogP contribution in [0.1, 0.15) is 26.7 Å². The summed E-state index contributed by atoms with van der Waals surface area (Å²) in [5.74, 6) is -0.346. The van der Waals surface area contributed by atoms with Gasteiger partial charge in [0.1, 0.15) is 0 Å². The first kappa shape index (κ1) is 15.9. The average Bonchev–Trinajstić information content (AvgIpc) is 2.57. The molecule has 1 heterocycles. The smallest absolute Gasteiger partial charge is 0.215 e. The summed E-state index contributed by atoms with van der Waals surface area (Å²) in [6, 6.07) is 0. The Morgan fingerprint density at radius 3 is 2.44 bits per heavy atom. The Labute approximate surface area is 109 Å². The van der Waals surface area contributed by atoms with Crippen molar-refractivity contribution in [3.05, 3.63) is 0 Å². The van der Waals surface area contributed by atoms with Gasteiger partial charge in [0.25, 0.3) is 0 Å². The van der Waals surface area contributed by atoms with Crippen molar-refractivity contribution in [2.45, 2.75) is 31.9 Å². The van der Waals surface area contributed by atoms with E-state index in [1.807, 2.05) is 13.8 Å². The highest BCUT2D eigenvalue weighted by Crippen LogP contribution is 2.21. The lowest BCUT2D eigenvalue weighted by atomic mass is 9.90. The molecule has 1 fully saturated rings. The zero-order chi connectivity index (χ0) is 14.0. The Balaban J connectivity index is 2.62. The van der Waals surface area contributed by atoms with Crippen LogP contribution in [0.2, 0.25) is 0 Å². The highest BCUT2D eigenvalue weighted by molar-refractivity contribution is 7.95. The molecule has 8 heteroatoms. The lowest BCUT2D eigenvalue weighted by Gasteiger charge is -2.24.